The number of aliphatic carboxylic acids is 2. The van der Waals surface area contributed by atoms with Gasteiger partial charge in [-0.15, -0.1) is 0 Å². The summed E-state index contributed by atoms with van der Waals surface area (Å²) in [6, 6.07) is 0. The van der Waals surface area contributed by atoms with Gasteiger partial charge in [0, 0.05) is 20.1 Å². The van der Waals surface area contributed by atoms with Gasteiger partial charge in [0.25, 0.3) is 11.9 Å². The highest BCUT2D eigenvalue weighted by molar-refractivity contribution is 5.74. The molecule has 6 N–H and O–H groups in total. The molecule has 0 spiro atoms. The first-order chi connectivity index (χ1) is 6.73. The van der Waals surface area contributed by atoms with Crippen LogP contribution in [0, 0.1) is 5.41 Å². The van der Waals surface area contributed by atoms with Crippen LogP contribution in [0.1, 0.15) is 20.8 Å². The Morgan fingerprint density at radius 2 is 1.60 bits per heavy atom. The second-order valence-corrected chi connectivity index (χ2v) is 1.95. The van der Waals surface area contributed by atoms with E-state index in [0.29, 0.717) is 0 Å². The number of nitrogens with zero attached hydrogens (tertiary/aromatic N) is 1. The average molecular weight is 220 g/mol. The molecule has 0 saturated carbocycles. The third-order valence-corrected chi connectivity index (χ3v) is 0.314. The van der Waals surface area contributed by atoms with Crippen molar-refractivity contribution in [3.63, 3.8) is 0 Å². The number of hydrogen-bond donors (Lipinski definition) is 5. The molecule has 0 aliphatic carbocycles. The number of carbonyl (C=O) groups is 2. The van der Waals surface area contributed by atoms with Crippen LogP contribution in [0.15, 0.2) is 5.10 Å². The first kappa shape index (κ1) is 18.6. The van der Waals surface area contributed by atoms with Gasteiger partial charge in [0.1, 0.15) is 0 Å². The fraction of sp³-hybridized carbons (Fsp3) is 0.429. The summed E-state index contributed by atoms with van der Waals surface area (Å²) in [5.74, 6) is -1.81. The van der Waals surface area contributed by atoms with Crippen molar-refractivity contribution in [2.75, 3.05) is 0 Å². The zero-order valence-corrected chi connectivity index (χ0v) is 8.81. The normalized spacial score (nSPS) is 7.67. The van der Waals surface area contributed by atoms with Crippen LogP contribution in [0.4, 0.5) is 0 Å². The molecule has 0 radical (unpaired) electrons. The third-order valence-electron chi connectivity index (χ3n) is 0.314. The predicted molar refractivity (Wildman–Crippen MR) is 55.8 cm³/mol. The minimum Gasteiger partial charge on any atom is -0.481 e. The van der Waals surface area contributed by atoms with E-state index in [2.05, 4.69) is 10.5 Å². The molecule has 0 saturated heterocycles. The Balaban J connectivity index is -0.000000155. The largest absolute Gasteiger partial charge is 0.481 e. The van der Waals surface area contributed by atoms with Crippen molar-refractivity contribution in [2.45, 2.75) is 20.8 Å². The topological polar surface area (TPSA) is 149 Å². The number of hydrazone groups is 1. The molecule has 0 unspecified atom stereocenters. The molecule has 0 aromatic heterocycles. The SMILES string of the molecule is CC(=O)O.CC(=O)O.CC=NNC(=N)N. The third kappa shape index (κ3) is 328. The maximum Gasteiger partial charge on any atom is 0.300 e. The van der Waals surface area contributed by atoms with Crippen LogP contribution >= 0.6 is 0 Å². The van der Waals surface area contributed by atoms with Gasteiger partial charge in [-0.05, 0) is 6.92 Å². The number of hydrogen-bond acceptors (Lipinski definition) is 4. The fourth-order valence-corrected chi connectivity index (χ4v) is 0.134. The number of nitrogens with one attached hydrogen (secondary N) is 2. The number of nitrogens with two attached hydrogens (primary N) is 1. The zero-order chi connectivity index (χ0) is 12.9. The highest BCUT2D eigenvalue weighted by Gasteiger charge is 1.72. The Labute approximate surface area is 87.3 Å². The summed E-state index contributed by atoms with van der Waals surface area (Å²) >= 11 is 0. The second kappa shape index (κ2) is 14.4. The monoisotopic (exact) mass is 220 g/mol. The lowest BCUT2D eigenvalue weighted by Crippen LogP contribution is -2.25. The van der Waals surface area contributed by atoms with Gasteiger partial charge in [-0.1, -0.05) is 0 Å². The van der Waals surface area contributed by atoms with Crippen molar-refractivity contribution in [1.82, 2.24) is 5.43 Å². The van der Waals surface area contributed by atoms with E-state index in [1.165, 1.54) is 6.21 Å². The molecule has 88 valence electrons. The highest BCUT2D eigenvalue weighted by atomic mass is 16.4. The Hall–Kier alpha value is -2.12. The number of carboxylic acids is 2. The van der Waals surface area contributed by atoms with E-state index >= 15 is 0 Å². The molecule has 0 rings (SSSR count). The maximum absolute atomic E-state index is 9.00. The molecule has 0 fully saturated rings. The molecule has 0 heterocycles. The molecule has 0 aromatic rings. The van der Waals surface area contributed by atoms with Gasteiger partial charge in [-0.3, -0.25) is 15.0 Å². The molecule has 15 heavy (non-hydrogen) atoms. The van der Waals surface area contributed by atoms with Crippen molar-refractivity contribution in [2.24, 2.45) is 10.8 Å². The second-order valence-electron chi connectivity index (χ2n) is 1.95. The van der Waals surface area contributed by atoms with Gasteiger partial charge < -0.3 is 15.9 Å². The lowest BCUT2D eigenvalue weighted by molar-refractivity contribution is -0.135. The Kier molecular flexibility index (Phi) is 17.9. The summed E-state index contributed by atoms with van der Waals surface area (Å²) in [4.78, 5) is 18.0. The summed E-state index contributed by atoms with van der Waals surface area (Å²) in [7, 11) is 0. The Morgan fingerprint density at radius 1 is 1.33 bits per heavy atom. The van der Waals surface area contributed by atoms with Crippen molar-refractivity contribution in [3.8, 4) is 0 Å². The van der Waals surface area contributed by atoms with Gasteiger partial charge >= 0.3 is 0 Å². The molecule has 0 atom stereocenters. The molecular formula is C7H16N4O4. The van der Waals surface area contributed by atoms with E-state index in [9.17, 15) is 0 Å². The van der Waals surface area contributed by atoms with Crippen molar-refractivity contribution in [1.29, 1.82) is 5.41 Å². The lowest BCUT2D eigenvalue weighted by Gasteiger charge is -1.89. The highest BCUT2D eigenvalue weighted by Crippen LogP contribution is 1.50. The minimum atomic E-state index is -0.833. The molecule has 8 heteroatoms. The van der Waals surface area contributed by atoms with Crippen LogP contribution < -0.4 is 11.2 Å². The van der Waals surface area contributed by atoms with Crippen LogP contribution in [0.5, 0.6) is 0 Å². The molecule has 0 aromatic carbocycles. The minimum absolute atomic E-state index is 0.141. The van der Waals surface area contributed by atoms with Gasteiger partial charge in [0.05, 0.1) is 0 Å². The van der Waals surface area contributed by atoms with E-state index < -0.39 is 11.9 Å². The summed E-state index contributed by atoms with van der Waals surface area (Å²) in [6.07, 6.45) is 1.52. The van der Waals surface area contributed by atoms with E-state index in [0.717, 1.165) is 13.8 Å². The van der Waals surface area contributed by atoms with Crippen LogP contribution in [0.25, 0.3) is 0 Å². The predicted octanol–water partition coefficient (Wildman–Crippen LogP) is -0.343. The van der Waals surface area contributed by atoms with Crippen LogP contribution in [0.2, 0.25) is 0 Å². The molecular weight excluding hydrogens is 204 g/mol. The molecule has 0 aliphatic heterocycles. The van der Waals surface area contributed by atoms with Crippen LogP contribution in [-0.2, 0) is 9.59 Å². The van der Waals surface area contributed by atoms with Crippen molar-refractivity contribution >= 4 is 24.1 Å². The molecule has 0 aliphatic rings. The summed E-state index contributed by atoms with van der Waals surface area (Å²) in [5.41, 5.74) is 7.06. The van der Waals surface area contributed by atoms with Crippen molar-refractivity contribution in [3.05, 3.63) is 0 Å². The lowest BCUT2D eigenvalue weighted by atomic mass is 10.9. The van der Waals surface area contributed by atoms with Crippen LogP contribution in [0.3, 0.4) is 0 Å². The first-order valence-corrected chi connectivity index (χ1v) is 3.70. The fourth-order valence-electron chi connectivity index (χ4n) is 0.134. The van der Waals surface area contributed by atoms with Crippen molar-refractivity contribution < 1.29 is 19.8 Å². The smallest absolute Gasteiger partial charge is 0.300 e. The molecule has 8 nitrogen and oxygen atoms in total. The summed E-state index contributed by atoms with van der Waals surface area (Å²) < 4.78 is 0. The Morgan fingerprint density at radius 3 is 1.67 bits per heavy atom. The van der Waals surface area contributed by atoms with Gasteiger partial charge in [-0.25, -0.2) is 5.43 Å². The Bertz CT molecular complexity index is 207. The van der Waals surface area contributed by atoms with Crippen LogP contribution in [-0.4, -0.2) is 34.3 Å². The van der Waals surface area contributed by atoms with Gasteiger partial charge in [-0.2, -0.15) is 5.10 Å². The first-order valence-electron chi connectivity index (χ1n) is 3.70. The standard InChI is InChI=1S/C3H8N4.2C2H4O2/c1-2-6-7-3(4)5;2*1-2(3)4/h2H,1H3,(H4,4,5,7);2*1H3,(H,3,4). The zero-order valence-electron chi connectivity index (χ0n) is 8.81. The quantitative estimate of drug-likeness (QED) is 0.232. The summed E-state index contributed by atoms with van der Waals surface area (Å²) in [5, 5.41) is 24.8. The van der Waals surface area contributed by atoms with E-state index in [4.69, 9.17) is 30.9 Å². The summed E-state index contributed by atoms with van der Waals surface area (Å²) in [6.45, 7) is 3.90. The molecule has 0 bridgehead atoms. The van der Waals surface area contributed by atoms with Gasteiger partial charge in [0.15, 0.2) is 0 Å². The maximum atomic E-state index is 9.00. The number of guanidine groups is 1. The van der Waals surface area contributed by atoms with E-state index in [1.54, 1.807) is 6.92 Å². The van der Waals surface area contributed by atoms with E-state index in [1.807, 2.05) is 0 Å². The van der Waals surface area contributed by atoms with Gasteiger partial charge in [0.2, 0.25) is 5.96 Å². The number of rotatable bonds is 1. The van der Waals surface area contributed by atoms with E-state index in [-0.39, 0.29) is 5.96 Å². The number of carboxylic acid groups (broad SMARTS) is 2. The average Bonchev–Trinajstić information content (AvgIpc) is 1.98. The molecule has 0 amide bonds.